The van der Waals surface area contributed by atoms with Crippen molar-refractivity contribution in [2.24, 2.45) is 0 Å². The van der Waals surface area contributed by atoms with Gasteiger partial charge in [-0.05, 0) is 17.9 Å². The Kier molecular flexibility index (Phi) is 5.32. The van der Waals surface area contributed by atoms with Crippen molar-refractivity contribution >= 4 is 29.2 Å². The lowest BCUT2D eigenvalue weighted by atomic mass is 10.4. The fraction of sp³-hybridized carbons (Fsp3) is 0.500. The molecule has 0 spiro atoms. The molecule has 2 aromatic heterocycles. The van der Waals surface area contributed by atoms with E-state index in [-0.39, 0.29) is 0 Å². The summed E-state index contributed by atoms with van der Waals surface area (Å²) in [5.74, 6) is 1.97. The van der Waals surface area contributed by atoms with Crippen LogP contribution in [0.25, 0.3) is 0 Å². The summed E-state index contributed by atoms with van der Waals surface area (Å²) in [4.78, 5) is 18.7. The monoisotopic (exact) mass is 306 g/mol. The number of thiophene rings is 1. The summed E-state index contributed by atoms with van der Waals surface area (Å²) in [5, 5.41) is 5.31. The molecule has 7 heteroatoms. The van der Waals surface area contributed by atoms with Gasteiger partial charge in [0.25, 0.3) is 0 Å². The Morgan fingerprint density at radius 1 is 1.14 bits per heavy atom. The molecule has 0 atom stereocenters. The second kappa shape index (κ2) is 7.21. The van der Waals surface area contributed by atoms with E-state index in [0.717, 1.165) is 19.5 Å². The third-order valence-corrected chi connectivity index (χ3v) is 3.72. The molecule has 2 heterocycles. The number of hydrogen-bond donors (Lipinski definition) is 1. The van der Waals surface area contributed by atoms with Gasteiger partial charge in [-0.2, -0.15) is 15.0 Å². The van der Waals surface area contributed by atoms with Crippen LogP contribution in [-0.2, 0) is 6.54 Å². The maximum Gasteiger partial charge on any atom is 0.232 e. The van der Waals surface area contributed by atoms with E-state index in [0.29, 0.717) is 17.8 Å². The van der Waals surface area contributed by atoms with Crippen LogP contribution >= 0.6 is 11.3 Å². The zero-order valence-electron chi connectivity index (χ0n) is 13.0. The minimum atomic E-state index is 0.628. The van der Waals surface area contributed by atoms with Crippen LogP contribution in [0.5, 0.6) is 0 Å². The maximum atomic E-state index is 4.52. The van der Waals surface area contributed by atoms with E-state index in [1.54, 1.807) is 11.3 Å². The zero-order chi connectivity index (χ0) is 15.2. The number of rotatable bonds is 7. The van der Waals surface area contributed by atoms with E-state index in [1.165, 1.54) is 4.88 Å². The molecular weight excluding hydrogens is 284 g/mol. The van der Waals surface area contributed by atoms with Crippen molar-refractivity contribution in [3.63, 3.8) is 0 Å². The number of nitrogens with zero attached hydrogens (tertiary/aromatic N) is 5. The van der Waals surface area contributed by atoms with Crippen molar-refractivity contribution in [2.75, 3.05) is 42.8 Å². The first-order valence-electron chi connectivity index (χ1n) is 7.01. The normalized spacial score (nSPS) is 10.5. The minimum Gasteiger partial charge on any atom is -0.354 e. The summed E-state index contributed by atoms with van der Waals surface area (Å²) in [7, 11) is 5.86. The lowest BCUT2D eigenvalue weighted by molar-refractivity contribution is 0.844. The third-order valence-electron chi connectivity index (χ3n) is 2.86. The largest absolute Gasteiger partial charge is 0.354 e. The topological polar surface area (TPSA) is 57.2 Å². The van der Waals surface area contributed by atoms with Crippen LogP contribution in [-0.4, -0.2) is 42.6 Å². The molecule has 0 amide bonds. The lowest BCUT2D eigenvalue weighted by Gasteiger charge is -2.19. The molecule has 0 saturated heterocycles. The lowest BCUT2D eigenvalue weighted by Crippen LogP contribution is -2.22. The van der Waals surface area contributed by atoms with Crippen molar-refractivity contribution in [1.82, 2.24) is 15.0 Å². The van der Waals surface area contributed by atoms with Crippen LogP contribution in [0, 0.1) is 0 Å². The predicted molar refractivity (Wildman–Crippen MR) is 89.4 cm³/mol. The van der Waals surface area contributed by atoms with Gasteiger partial charge in [0.1, 0.15) is 0 Å². The van der Waals surface area contributed by atoms with Crippen molar-refractivity contribution < 1.29 is 0 Å². The minimum absolute atomic E-state index is 0.628. The van der Waals surface area contributed by atoms with Gasteiger partial charge >= 0.3 is 0 Å². The van der Waals surface area contributed by atoms with Crippen molar-refractivity contribution in [3.05, 3.63) is 22.4 Å². The summed E-state index contributed by atoms with van der Waals surface area (Å²) in [6, 6.07) is 4.17. The molecule has 0 aromatic carbocycles. The number of anilines is 3. The van der Waals surface area contributed by atoms with E-state index in [9.17, 15) is 0 Å². The van der Waals surface area contributed by atoms with Gasteiger partial charge in [0.05, 0.1) is 6.54 Å². The zero-order valence-corrected chi connectivity index (χ0v) is 13.8. The van der Waals surface area contributed by atoms with Gasteiger partial charge in [-0.1, -0.05) is 13.0 Å². The Balaban J connectivity index is 2.21. The molecule has 0 aliphatic heterocycles. The first kappa shape index (κ1) is 15.5. The van der Waals surface area contributed by atoms with Crippen molar-refractivity contribution in [2.45, 2.75) is 19.9 Å². The second-order valence-electron chi connectivity index (χ2n) is 5.02. The van der Waals surface area contributed by atoms with E-state index in [2.05, 4.69) is 44.7 Å². The van der Waals surface area contributed by atoms with Gasteiger partial charge in [0, 0.05) is 32.6 Å². The van der Waals surface area contributed by atoms with Crippen molar-refractivity contribution in [1.29, 1.82) is 0 Å². The van der Waals surface area contributed by atoms with Crippen LogP contribution in [0.3, 0.4) is 0 Å². The average molecular weight is 306 g/mol. The quantitative estimate of drug-likeness (QED) is 0.848. The Bertz CT molecular complexity index is 555. The molecule has 0 saturated carbocycles. The average Bonchev–Trinajstić information content (AvgIpc) is 2.97. The highest BCUT2D eigenvalue weighted by Crippen LogP contribution is 2.18. The summed E-state index contributed by atoms with van der Waals surface area (Å²) in [5.41, 5.74) is 0. The Morgan fingerprint density at radius 2 is 1.90 bits per heavy atom. The molecule has 0 aliphatic carbocycles. The highest BCUT2D eigenvalue weighted by molar-refractivity contribution is 7.09. The molecule has 2 rings (SSSR count). The first-order valence-corrected chi connectivity index (χ1v) is 7.89. The standard InChI is InChI=1S/C14H22N6S/c1-5-8-15-12-16-13(19(2)3)18-14(17-12)20(4)10-11-7-6-9-21-11/h6-7,9H,5,8,10H2,1-4H3,(H,15,16,17,18). The van der Waals surface area contributed by atoms with Crippen molar-refractivity contribution in [3.8, 4) is 0 Å². The highest BCUT2D eigenvalue weighted by Gasteiger charge is 2.12. The summed E-state index contributed by atoms with van der Waals surface area (Å²) >= 11 is 1.74. The SMILES string of the molecule is CCCNc1nc(N(C)C)nc(N(C)Cc2cccs2)n1. The molecule has 0 aliphatic rings. The predicted octanol–water partition coefficient (Wildman–Crippen LogP) is 2.46. The molecule has 1 N–H and O–H groups in total. The molecule has 0 bridgehead atoms. The Labute approximate surface area is 129 Å². The van der Waals surface area contributed by atoms with Crippen LogP contribution in [0.15, 0.2) is 17.5 Å². The highest BCUT2D eigenvalue weighted by atomic mass is 32.1. The molecule has 0 fully saturated rings. The fourth-order valence-corrected chi connectivity index (χ4v) is 2.50. The Morgan fingerprint density at radius 3 is 2.52 bits per heavy atom. The molecule has 0 unspecified atom stereocenters. The van der Waals surface area contributed by atoms with Gasteiger partial charge in [0.15, 0.2) is 0 Å². The van der Waals surface area contributed by atoms with E-state index >= 15 is 0 Å². The van der Waals surface area contributed by atoms with E-state index in [4.69, 9.17) is 0 Å². The number of aromatic nitrogens is 3. The van der Waals surface area contributed by atoms with Gasteiger partial charge in [0.2, 0.25) is 17.8 Å². The van der Waals surface area contributed by atoms with Gasteiger partial charge in [-0.25, -0.2) is 0 Å². The van der Waals surface area contributed by atoms with Crippen LogP contribution in [0.4, 0.5) is 17.8 Å². The van der Waals surface area contributed by atoms with Crippen LogP contribution in [0.1, 0.15) is 18.2 Å². The van der Waals surface area contributed by atoms with E-state index in [1.807, 2.05) is 30.9 Å². The molecule has 6 nitrogen and oxygen atoms in total. The first-order chi connectivity index (χ1) is 10.1. The molecule has 2 aromatic rings. The second-order valence-corrected chi connectivity index (χ2v) is 6.05. The van der Waals surface area contributed by atoms with Crippen LogP contribution < -0.4 is 15.1 Å². The van der Waals surface area contributed by atoms with Crippen LogP contribution in [0.2, 0.25) is 0 Å². The number of nitrogens with one attached hydrogen (secondary N) is 1. The number of hydrogen-bond acceptors (Lipinski definition) is 7. The van der Waals surface area contributed by atoms with Gasteiger partial charge < -0.3 is 15.1 Å². The smallest absolute Gasteiger partial charge is 0.232 e. The fourth-order valence-electron chi connectivity index (χ4n) is 1.75. The summed E-state index contributed by atoms with van der Waals surface area (Å²) < 4.78 is 0. The van der Waals surface area contributed by atoms with E-state index < -0.39 is 0 Å². The summed E-state index contributed by atoms with van der Waals surface area (Å²) in [6.07, 6.45) is 1.03. The molecule has 21 heavy (non-hydrogen) atoms. The van der Waals surface area contributed by atoms with Gasteiger partial charge in [-0.15, -0.1) is 11.3 Å². The molecular formula is C14H22N6S. The third kappa shape index (κ3) is 4.29. The Hall–Kier alpha value is -1.89. The van der Waals surface area contributed by atoms with Gasteiger partial charge in [-0.3, -0.25) is 0 Å². The summed E-state index contributed by atoms with van der Waals surface area (Å²) in [6.45, 7) is 3.76. The molecule has 0 radical (unpaired) electrons. The maximum absolute atomic E-state index is 4.52. The molecule has 114 valence electrons.